The molecule has 2 aromatic rings. The van der Waals surface area contributed by atoms with E-state index in [1.807, 2.05) is 31.2 Å². The van der Waals surface area contributed by atoms with Crippen LogP contribution in [-0.2, 0) is 4.74 Å². The molecule has 0 aliphatic heterocycles. The highest BCUT2D eigenvalue weighted by Gasteiger charge is 2.24. The number of rotatable bonds is 6. The maximum Gasteiger partial charge on any atom is 0.355 e. The normalized spacial score (nSPS) is 10.5. The average Bonchev–Trinajstić information content (AvgIpc) is 2.87. The van der Waals surface area contributed by atoms with Crippen LogP contribution in [0.25, 0.3) is 11.1 Å². The van der Waals surface area contributed by atoms with Gasteiger partial charge in [-0.2, -0.15) is 0 Å². The molecule has 0 saturated heterocycles. The molecule has 0 saturated carbocycles. The number of esters is 1. The predicted octanol–water partition coefficient (Wildman–Crippen LogP) is 4.55. The van der Waals surface area contributed by atoms with Crippen LogP contribution in [0.3, 0.4) is 0 Å². The van der Waals surface area contributed by atoms with Crippen molar-refractivity contribution in [1.82, 2.24) is 4.98 Å². The molecule has 0 fully saturated rings. The fourth-order valence-corrected chi connectivity index (χ4v) is 3.17. The van der Waals surface area contributed by atoms with E-state index in [-0.39, 0.29) is 6.61 Å². The highest BCUT2D eigenvalue weighted by molar-refractivity contribution is 9.10. The lowest BCUT2D eigenvalue weighted by Crippen LogP contribution is -2.06. The minimum atomic E-state index is -0.452. The summed E-state index contributed by atoms with van der Waals surface area (Å²) in [6.45, 7) is 4.02. The van der Waals surface area contributed by atoms with Gasteiger partial charge in [-0.05, 0) is 30.4 Å². The molecular weight excluding hydrogens is 366 g/mol. The molecule has 0 atom stereocenters. The van der Waals surface area contributed by atoms with Crippen molar-refractivity contribution in [3.8, 4) is 11.1 Å². The van der Waals surface area contributed by atoms with Gasteiger partial charge in [0.1, 0.15) is 5.69 Å². The molecule has 0 aliphatic rings. The second kappa shape index (κ2) is 7.65. The zero-order valence-electron chi connectivity index (χ0n) is 12.3. The van der Waals surface area contributed by atoms with Crippen LogP contribution in [-0.4, -0.2) is 29.6 Å². The number of carbonyl (C=O) groups is 2. The van der Waals surface area contributed by atoms with Gasteiger partial charge in [-0.3, -0.25) is 4.79 Å². The summed E-state index contributed by atoms with van der Waals surface area (Å²) in [5.41, 5.74) is 2.21. The largest absolute Gasteiger partial charge is 0.461 e. The van der Waals surface area contributed by atoms with Crippen molar-refractivity contribution < 1.29 is 14.3 Å². The Morgan fingerprint density at radius 2 is 2.00 bits per heavy atom. The third kappa shape index (κ3) is 3.44. The average molecular weight is 382 g/mol. The highest BCUT2D eigenvalue weighted by Crippen LogP contribution is 2.35. The molecular formula is C16H16BrNO3S. The molecule has 0 bridgehead atoms. The molecule has 4 nitrogen and oxygen atoms in total. The van der Waals surface area contributed by atoms with Crippen LogP contribution in [0.15, 0.2) is 33.8 Å². The Labute approximate surface area is 141 Å². The van der Waals surface area contributed by atoms with Gasteiger partial charge in [0.25, 0.3) is 0 Å². The molecule has 1 heterocycles. The molecule has 1 N–H and O–H groups in total. The van der Waals surface area contributed by atoms with E-state index in [4.69, 9.17) is 4.74 Å². The fraction of sp³-hybridized carbons (Fsp3) is 0.250. The van der Waals surface area contributed by atoms with Gasteiger partial charge in [0.05, 0.1) is 17.2 Å². The van der Waals surface area contributed by atoms with E-state index < -0.39 is 5.97 Å². The minimum absolute atomic E-state index is 0.282. The van der Waals surface area contributed by atoms with E-state index in [1.54, 1.807) is 6.92 Å². The molecule has 0 aliphatic carbocycles. The van der Waals surface area contributed by atoms with Crippen LogP contribution in [0, 0.1) is 0 Å². The van der Waals surface area contributed by atoms with Crippen molar-refractivity contribution in [3.63, 3.8) is 0 Å². The van der Waals surface area contributed by atoms with Crippen molar-refractivity contribution in [2.24, 2.45) is 0 Å². The molecule has 0 spiro atoms. The number of nitrogens with one attached hydrogen (secondary N) is 1. The van der Waals surface area contributed by atoms with Crippen LogP contribution in [0.2, 0.25) is 0 Å². The van der Waals surface area contributed by atoms with Crippen molar-refractivity contribution in [2.75, 3.05) is 12.4 Å². The number of thioether (sulfide) groups is 1. The summed E-state index contributed by atoms with van der Waals surface area (Å²) in [5.74, 6) is 0.343. The topological polar surface area (TPSA) is 59.2 Å². The monoisotopic (exact) mass is 381 g/mol. The van der Waals surface area contributed by atoms with Gasteiger partial charge in [0.2, 0.25) is 0 Å². The molecule has 0 amide bonds. The number of hydrogen-bond acceptors (Lipinski definition) is 4. The van der Waals surface area contributed by atoms with E-state index in [2.05, 4.69) is 20.9 Å². The van der Waals surface area contributed by atoms with E-state index in [1.165, 1.54) is 11.8 Å². The minimum Gasteiger partial charge on any atom is -0.461 e. The van der Waals surface area contributed by atoms with Gasteiger partial charge in [-0.15, -0.1) is 11.8 Å². The summed E-state index contributed by atoms with van der Waals surface area (Å²) < 4.78 is 6.03. The Morgan fingerprint density at radius 1 is 1.32 bits per heavy atom. The predicted molar refractivity (Wildman–Crippen MR) is 91.7 cm³/mol. The molecule has 0 unspecified atom stereocenters. The van der Waals surface area contributed by atoms with Crippen LogP contribution in [0.5, 0.6) is 0 Å². The fourth-order valence-electron chi connectivity index (χ4n) is 2.13. The summed E-state index contributed by atoms with van der Waals surface area (Å²) in [6.07, 6.45) is 0.786. The maximum absolute atomic E-state index is 12.2. The summed E-state index contributed by atoms with van der Waals surface area (Å²) in [6, 6.07) is 7.48. The zero-order valence-corrected chi connectivity index (χ0v) is 14.7. The lowest BCUT2D eigenvalue weighted by Gasteiger charge is -2.05. The first-order chi connectivity index (χ1) is 10.6. The summed E-state index contributed by atoms with van der Waals surface area (Å²) in [7, 11) is 0. The first-order valence-electron chi connectivity index (χ1n) is 6.89. The molecule has 22 heavy (non-hydrogen) atoms. The Morgan fingerprint density at radius 3 is 2.55 bits per heavy atom. The third-order valence-corrected chi connectivity index (χ3v) is 4.45. The van der Waals surface area contributed by atoms with Gasteiger partial charge >= 0.3 is 5.97 Å². The summed E-state index contributed by atoms with van der Waals surface area (Å²) in [5, 5.41) is 0.693. The highest BCUT2D eigenvalue weighted by atomic mass is 79.9. The second-order valence-electron chi connectivity index (χ2n) is 4.40. The van der Waals surface area contributed by atoms with Crippen molar-refractivity contribution >= 4 is 39.9 Å². The quantitative estimate of drug-likeness (QED) is 0.453. The summed E-state index contributed by atoms with van der Waals surface area (Å²) >= 11 is 4.87. The van der Waals surface area contributed by atoms with Crippen molar-refractivity contribution in [1.29, 1.82) is 0 Å². The number of carbonyl (C=O) groups excluding carboxylic acids is 2. The smallest absolute Gasteiger partial charge is 0.355 e. The maximum atomic E-state index is 12.2. The number of aromatic nitrogens is 1. The number of hydrogen-bond donors (Lipinski definition) is 1. The number of ether oxygens (including phenoxy) is 1. The first kappa shape index (κ1) is 16.8. The lowest BCUT2D eigenvalue weighted by molar-refractivity contribution is 0.0520. The standard InChI is InChI=1S/C16H16BrNO3S/c1-3-21-16(20)14-13(10-5-7-11(17)8-6-10)12(9-19)15(18-14)22-4-2/h5-9,18H,3-4H2,1-2H3. The zero-order chi connectivity index (χ0) is 16.1. The second-order valence-corrected chi connectivity index (χ2v) is 6.59. The molecule has 1 aromatic heterocycles. The van der Waals surface area contributed by atoms with Gasteiger partial charge in [-0.25, -0.2) is 4.79 Å². The van der Waals surface area contributed by atoms with E-state index in [0.29, 0.717) is 21.8 Å². The third-order valence-electron chi connectivity index (χ3n) is 3.02. The van der Waals surface area contributed by atoms with Gasteiger partial charge < -0.3 is 9.72 Å². The van der Waals surface area contributed by atoms with Gasteiger partial charge in [-0.1, -0.05) is 35.0 Å². The summed E-state index contributed by atoms with van der Waals surface area (Å²) in [4.78, 5) is 26.8. The van der Waals surface area contributed by atoms with Gasteiger partial charge in [0, 0.05) is 10.0 Å². The van der Waals surface area contributed by atoms with Crippen molar-refractivity contribution in [3.05, 3.63) is 40.0 Å². The van der Waals surface area contributed by atoms with Crippen LogP contribution >= 0.6 is 27.7 Å². The van der Waals surface area contributed by atoms with E-state index in [9.17, 15) is 9.59 Å². The molecule has 116 valence electrons. The molecule has 2 rings (SSSR count). The number of aromatic amines is 1. The van der Waals surface area contributed by atoms with Crippen LogP contribution in [0.4, 0.5) is 0 Å². The van der Waals surface area contributed by atoms with E-state index >= 15 is 0 Å². The number of H-pyrrole nitrogens is 1. The molecule has 0 radical (unpaired) electrons. The lowest BCUT2D eigenvalue weighted by atomic mass is 10.0. The Bertz CT molecular complexity index is 679. The van der Waals surface area contributed by atoms with Gasteiger partial charge in [0.15, 0.2) is 6.29 Å². The van der Waals surface area contributed by atoms with E-state index in [0.717, 1.165) is 22.1 Å². The van der Waals surface area contributed by atoms with Crippen molar-refractivity contribution in [2.45, 2.75) is 18.9 Å². The Hall–Kier alpha value is -1.53. The number of aldehydes is 1. The number of benzene rings is 1. The molecule has 6 heteroatoms. The van der Waals surface area contributed by atoms with Crippen LogP contribution < -0.4 is 0 Å². The Balaban J connectivity index is 2.63. The Kier molecular flexibility index (Phi) is 5.85. The van der Waals surface area contributed by atoms with Crippen LogP contribution in [0.1, 0.15) is 34.7 Å². The SMILES string of the molecule is CCOC(=O)c1[nH]c(SCC)c(C=O)c1-c1ccc(Br)cc1. The molecule has 1 aromatic carbocycles. The number of halogens is 1. The first-order valence-corrected chi connectivity index (χ1v) is 8.67.